The van der Waals surface area contributed by atoms with E-state index in [1.165, 1.54) is 0 Å². The highest BCUT2D eigenvalue weighted by Gasteiger charge is 2.13. The van der Waals surface area contributed by atoms with Crippen molar-refractivity contribution in [1.82, 2.24) is 0 Å². The summed E-state index contributed by atoms with van der Waals surface area (Å²) in [7, 11) is -3.51. The number of rotatable bonds is 2. The summed E-state index contributed by atoms with van der Waals surface area (Å²) in [6.45, 7) is 0. The van der Waals surface area contributed by atoms with Gasteiger partial charge in [0.2, 0.25) is 0 Å². The van der Waals surface area contributed by atoms with Gasteiger partial charge in [-0.3, -0.25) is 0 Å². The molecule has 6 heteroatoms. The van der Waals surface area contributed by atoms with Gasteiger partial charge in [0.1, 0.15) is 0 Å². The average Bonchev–Trinajstić information content (AvgIpc) is 2.15. The van der Waals surface area contributed by atoms with Crippen LogP contribution in [-0.2, 0) is 9.84 Å². The molecular formula is C9H7NO4S. The molecule has 0 fully saturated rings. The Labute approximate surface area is 86.5 Å². The highest BCUT2D eigenvalue weighted by Crippen LogP contribution is 2.14. The number of sulfone groups is 1. The Morgan fingerprint density at radius 3 is 2.40 bits per heavy atom. The standard InChI is InChI=1S/C9H7NO4S/c1-15(13,14)8-3-6(5-10)2-7(4-8)9(11)12/h2-4H,1H3,(H,11,12). The van der Waals surface area contributed by atoms with Gasteiger partial charge in [0, 0.05) is 6.26 Å². The highest BCUT2D eigenvalue weighted by atomic mass is 32.2. The van der Waals surface area contributed by atoms with Crippen molar-refractivity contribution in [3.8, 4) is 6.07 Å². The first kappa shape index (κ1) is 11.2. The van der Waals surface area contributed by atoms with Gasteiger partial charge in [-0.15, -0.1) is 0 Å². The van der Waals surface area contributed by atoms with Crippen LogP contribution in [0.25, 0.3) is 0 Å². The van der Waals surface area contributed by atoms with Crippen molar-refractivity contribution >= 4 is 15.8 Å². The Kier molecular flexibility index (Phi) is 2.77. The molecule has 0 aromatic heterocycles. The molecule has 0 unspecified atom stereocenters. The van der Waals surface area contributed by atoms with Crippen molar-refractivity contribution in [2.24, 2.45) is 0 Å². The van der Waals surface area contributed by atoms with Gasteiger partial charge in [-0.1, -0.05) is 0 Å². The van der Waals surface area contributed by atoms with Crippen molar-refractivity contribution in [3.05, 3.63) is 29.3 Å². The highest BCUT2D eigenvalue weighted by molar-refractivity contribution is 7.90. The molecule has 0 heterocycles. The molecule has 0 spiro atoms. The molecule has 15 heavy (non-hydrogen) atoms. The fraction of sp³-hybridized carbons (Fsp3) is 0.111. The van der Waals surface area contributed by atoms with Crippen molar-refractivity contribution in [1.29, 1.82) is 5.26 Å². The average molecular weight is 225 g/mol. The first-order valence-corrected chi connectivity index (χ1v) is 5.72. The molecule has 1 aromatic rings. The van der Waals surface area contributed by atoms with Crippen molar-refractivity contribution in [2.75, 3.05) is 6.26 Å². The second kappa shape index (κ2) is 3.71. The predicted octanol–water partition coefficient (Wildman–Crippen LogP) is 0.660. The lowest BCUT2D eigenvalue weighted by atomic mass is 10.1. The van der Waals surface area contributed by atoms with E-state index in [9.17, 15) is 13.2 Å². The summed E-state index contributed by atoms with van der Waals surface area (Å²) in [6.07, 6.45) is 0.953. The summed E-state index contributed by atoms with van der Waals surface area (Å²) in [5.74, 6) is -1.27. The van der Waals surface area contributed by atoms with Crippen molar-refractivity contribution in [2.45, 2.75) is 4.90 Å². The fourth-order valence-electron chi connectivity index (χ4n) is 1.00. The van der Waals surface area contributed by atoms with Crippen LogP contribution >= 0.6 is 0 Å². The lowest BCUT2D eigenvalue weighted by molar-refractivity contribution is 0.0696. The third-order valence-electron chi connectivity index (χ3n) is 1.71. The summed E-state index contributed by atoms with van der Waals surface area (Å²) < 4.78 is 22.3. The minimum absolute atomic E-state index is 0.00956. The number of hydrogen-bond acceptors (Lipinski definition) is 4. The van der Waals surface area contributed by atoms with Gasteiger partial charge < -0.3 is 5.11 Å². The van der Waals surface area contributed by atoms with E-state index in [-0.39, 0.29) is 16.0 Å². The quantitative estimate of drug-likeness (QED) is 0.797. The van der Waals surface area contributed by atoms with E-state index in [2.05, 4.69) is 0 Å². The van der Waals surface area contributed by atoms with Crippen LogP contribution in [0.1, 0.15) is 15.9 Å². The van der Waals surface area contributed by atoms with Crippen LogP contribution in [-0.4, -0.2) is 25.7 Å². The number of nitriles is 1. The maximum atomic E-state index is 11.2. The second-order valence-corrected chi connectivity index (χ2v) is 4.95. The van der Waals surface area contributed by atoms with Crippen molar-refractivity contribution in [3.63, 3.8) is 0 Å². The Morgan fingerprint density at radius 2 is 2.00 bits per heavy atom. The summed E-state index contributed by atoms with van der Waals surface area (Å²) in [4.78, 5) is 10.5. The Hall–Kier alpha value is -1.87. The number of aromatic carboxylic acids is 1. The van der Waals surface area contributed by atoms with Gasteiger partial charge >= 0.3 is 5.97 Å². The van der Waals surface area contributed by atoms with Crippen LogP contribution in [0, 0.1) is 11.3 Å². The van der Waals surface area contributed by atoms with E-state index in [0.717, 1.165) is 24.5 Å². The molecule has 1 aromatic carbocycles. The molecule has 1 rings (SSSR count). The molecule has 0 saturated heterocycles. The molecule has 0 aliphatic heterocycles. The van der Waals surface area contributed by atoms with E-state index in [1.54, 1.807) is 6.07 Å². The van der Waals surface area contributed by atoms with Crippen LogP contribution in [0.4, 0.5) is 0 Å². The molecule has 0 aliphatic carbocycles. The molecule has 0 atom stereocenters. The van der Waals surface area contributed by atoms with Crippen LogP contribution < -0.4 is 0 Å². The Morgan fingerprint density at radius 1 is 1.40 bits per heavy atom. The first-order valence-electron chi connectivity index (χ1n) is 3.83. The van der Waals surface area contributed by atoms with Crippen LogP contribution in [0.3, 0.4) is 0 Å². The van der Waals surface area contributed by atoms with Crippen LogP contribution in [0.2, 0.25) is 0 Å². The van der Waals surface area contributed by atoms with E-state index in [4.69, 9.17) is 10.4 Å². The van der Waals surface area contributed by atoms with Gasteiger partial charge in [-0.2, -0.15) is 5.26 Å². The summed E-state index contributed by atoms with van der Waals surface area (Å²) in [5, 5.41) is 17.3. The minimum atomic E-state index is -3.51. The number of carboxylic acids is 1. The summed E-state index contributed by atoms with van der Waals surface area (Å²) >= 11 is 0. The third kappa shape index (κ3) is 2.54. The lowest BCUT2D eigenvalue weighted by Gasteiger charge is -2.01. The first-order chi connectivity index (χ1) is 6.84. The third-order valence-corrected chi connectivity index (χ3v) is 2.80. The fourth-order valence-corrected chi connectivity index (χ4v) is 1.68. The molecule has 0 radical (unpaired) electrons. The molecular weight excluding hydrogens is 218 g/mol. The molecule has 0 aliphatic rings. The Bertz CT molecular complexity index is 554. The second-order valence-electron chi connectivity index (χ2n) is 2.94. The van der Waals surface area contributed by atoms with E-state index < -0.39 is 15.8 Å². The number of benzene rings is 1. The van der Waals surface area contributed by atoms with E-state index in [1.807, 2.05) is 0 Å². The SMILES string of the molecule is CS(=O)(=O)c1cc(C#N)cc(C(=O)O)c1. The number of hydrogen-bond donors (Lipinski definition) is 1. The zero-order valence-electron chi connectivity index (χ0n) is 7.76. The number of carbonyl (C=O) groups is 1. The van der Waals surface area contributed by atoms with E-state index in [0.29, 0.717) is 0 Å². The predicted molar refractivity (Wildman–Crippen MR) is 51.2 cm³/mol. The maximum Gasteiger partial charge on any atom is 0.335 e. The van der Waals surface area contributed by atoms with Crippen molar-refractivity contribution < 1.29 is 18.3 Å². The Balaban J connectivity index is 3.52. The van der Waals surface area contributed by atoms with Crippen LogP contribution in [0.5, 0.6) is 0 Å². The molecule has 0 saturated carbocycles. The molecule has 5 nitrogen and oxygen atoms in total. The number of nitrogens with zero attached hydrogens (tertiary/aromatic N) is 1. The lowest BCUT2D eigenvalue weighted by Crippen LogP contribution is -2.03. The van der Waals surface area contributed by atoms with Gasteiger partial charge in [0.25, 0.3) is 0 Å². The molecule has 0 bridgehead atoms. The zero-order chi connectivity index (χ0) is 11.6. The summed E-state index contributed by atoms with van der Waals surface area (Å²) in [6, 6.07) is 5.00. The molecule has 78 valence electrons. The molecule has 1 N–H and O–H groups in total. The minimum Gasteiger partial charge on any atom is -0.478 e. The topological polar surface area (TPSA) is 95.2 Å². The monoisotopic (exact) mass is 225 g/mol. The number of carboxylic acid groups (broad SMARTS) is 1. The molecule has 0 amide bonds. The zero-order valence-corrected chi connectivity index (χ0v) is 8.58. The van der Waals surface area contributed by atoms with E-state index >= 15 is 0 Å². The smallest absolute Gasteiger partial charge is 0.335 e. The van der Waals surface area contributed by atoms with Gasteiger partial charge in [0.05, 0.1) is 22.1 Å². The maximum absolute atomic E-state index is 11.2. The van der Waals surface area contributed by atoms with Gasteiger partial charge in [-0.05, 0) is 18.2 Å². The van der Waals surface area contributed by atoms with Gasteiger partial charge in [0.15, 0.2) is 9.84 Å². The van der Waals surface area contributed by atoms with Gasteiger partial charge in [-0.25, -0.2) is 13.2 Å². The summed E-state index contributed by atoms with van der Waals surface area (Å²) in [5.41, 5.74) is -0.204. The van der Waals surface area contributed by atoms with Crippen LogP contribution in [0.15, 0.2) is 23.1 Å². The normalized spacial score (nSPS) is 10.7. The largest absolute Gasteiger partial charge is 0.478 e.